The van der Waals surface area contributed by atoms with Crippen LogP contribution in [0.4, 0.5) is 0 Å². The largest absolute Gasteiger partial charge is 0.324 e. The van der Waals surface area contributed by atoms with E-state index >= 15 is 0 Å². The lowest BCUT2D eigenvalue weighted by Gasteiger charge is -1.84. The average molecular weight is 89.2 g/mol. The van der Waals surface area contributed by atoms with Crippen molar-refractivity contribution >= 4 is 17.6 Å². The SMILES string of the molecule is CC(N)C=S. The van der Waals surface area contributed by atoms with Crippen molar-refractivity contribution < 1.29 is 0 Å². The van der Waals surface area contributed by atoms with Gasteiger partial charge in [0.15, 0.2) is 0 Å². The second-order valence-corrected chi connectivity index (χ2v) is 1.27. The predicted octanol–water partition coefficient (Wildman–Crippen LogP) is 0.333. The molecule has 5 heavy (non-hydrogen) atoms. The van der Waals surface area contributed by atoms with Crippen LogP contribution < -0.4 is 5.73 Å². The van der Waals surface area contributed by atoms with Crippen molar-refractivity contribution in [2.75, 3.05) is 0 Å². The highest BCUT2D eigenvalue weighted by Gasteiger charge is 1.75. The Hall–Kier alpha value is 0.0500. The van der Waals surface area contributed by atoms with E-state index in [0.29, 0.717) is 0 Å². The Morgan fingerprint density at radius 1 is 2.00 bits per heavy atom. The van der Waals surface area contributed by atoms with E-state index in [0.717, 1.165) is 0 Å². The molecule has 1 atom stereocenters. The van der Waals surface area contributed by atoms with E-state index in [9.17, 15) is 0 Å². The number of nitrogens with two attached hydrogens (primary N) is 1. The molecule has 30 valence electrons. The Bertz CT molecular complexity index is 33.9. The Morgan fingerprint density at radius 3 is 2.20 bits per heavy atom. The molecule has 0 aliphatic rings. The van der Waals surface area contributed by atoms with Crippen molar-refractivity contribution in [2.45, 2.75) is 13.0 Å². The highest BCUT2D eigenvalue weighted by molar-refractivity contribution is 7.79. The van der Waals surface area contributed by atoms with Gasteiger partial charge < -0.3 is 5.73 Å². The first-order valence-corrected chi connectivity index (χ1v) is 1.95. The fourth-order valence-corrected chi connectivity index (χ4v) is 0. The molecule has 1 nitrogen and oxygen atoms in total. The van der Waals surface area contributed by atoms with E-state index in [4.69, 9.17) is 5.73 Å². The molecular formula is C3H7NS. The van der Waals surface area contributed by atoms with Gasteiger partial charge in [-0.3, -0.25) is 0 Å². The molecule has 1 unspecified atom stereocenters. The second kappa shape index (κ2) is 2.30. The van der Waals surface area contributed by atoms with Gasteiger partial charge in [0.25, 0.3) is 0 Å². The number of rotatable bonds is 1. The minimum absolute atomic E-state index is 0.0741. The standard InChI is InChI=1S/C3H7NS/c1-3(4)2-5/h2-3H,4H2,1H3. The van der Waals surface area contributed by atoms with E-state index in [-0.39, 0.29) is 6.04 Å². The summed E-state index contributed by atoms with van der Waals surface area (Å²) < 4.78 is 0. The third-order valence-corrected chi connectivity index (χ3v) is 0.644. The molecule has 0 spiro atoms. The summed E-state index contributed by atoms with van der Waals surface area (Å²) in [7, 11) is 0. The molecule has 0 aromatic heterocycles. The van der Waals surface area contributed by atoms with Crippen LogP contribution in [0.3, 0.4) is 0 Å². The van der Waals surface area contributed by atoms with Gasteiger partial charge in [-0.15, -0.1) is 0 Å². The quantitative estimate of drug-likeness (QED) is 0.469. The van der Waals surface area contributed by atoms with Crippen molar-refractivity contribution in [1.29, 1.82) is 0 Å². The molecule has 0 saturated heterocycles. The maximum absolute atomic E-state index is 5.13. The molecule has 0 aliphatic carbocycles. The van der Waals surface area contributed by atoms with Gasteiger partial charge in [-0.05, 0) is 12.3 Å². The summed E-state index contributed by atoms with van der Waals surface area (Å²) in [5.74, 6) is 0. The lowest BCUT2D eigenvalue weighted by Crippen LogP contribution is -2.13. The van der Waals surface area contributed by atoms with Crippen LogP contribution >= 0.6 is 12.2 Å². The average Bonchev–Trinajstić information content (AvgIpc) is 1.38. The highest BCUT2D eigenvalue weighted by Crippen LogP contribution is 1.60. The van der Waals surface area contributed by atoms with Crippen molar-refractivity contribution in [1.82, 2.24) is 0 Å². The van der Waals surface area contributed by atoms with E-state index in [2.05, 4.69) is 12.2 Å². The molecule has 0 aliphatic heterocycles. The molecule has 2 heteroatoms. The Morgan fingerprint density at radius 2 is 2.20 bits per heavy atom. The molecule has 2 N–H and O–H groups in total. The third kappa shape index (κ3) is 4.05. The van der Waals surface area contributed by atoms with Crippen LogP contribution in [0, 0.1) is 0 Å². The van der Waals surface area contributed by atoms with Crippen LogP contribution in [0.25, 0.3) is 0 Å². The highest BCUT2D eigenvalue weighted by atomic mass is 32.1. The molecule has 0 radical (unpaired) electrons. The van der Waals surface area contributed by atoms with Crippen LogP contribution in [-0.2, 0) is 0 Å². The minimum Gasteiger partial charge on any atom is -0.324 e. The summed E-state index contributed by atoms with van der Waals surface area (Å²) >= 11 is 4.43. The first-order chi connectivity index (χ1) is 2.27. The zero-order chi connectivity index (χ0) is 4.28. The normalized spacial score (nSPS) is 14.0. The minimum atomic E-state index is 0.0741. The van der Waals surface area contributed by atoms with Gasteiger partial charge in [0.05, 0.1) is 0 Å². The van der Waals surface area contributed by atoms with Crippen LogP contribution in [-0.4, -0.2) is 11.4 Å². The number of thiocarbonyl (C=S) groups is 1. The molecular weight excluding hydrogens is 82.1 g/mol. The summed E-state index contributed by atoms with van der Waals surface area (Å²) in [4.78, 5) is 0. The smallest absolute Gasteiger partial charge is 0.0299 e. The monoisotopic (exact) mass is 89.0 g/mol. The fraction of sp³-hybridized carbons (Fsp3) is 0.667. The third-order valence-electron chi connectivity index (χ3n) is 0.215. The first-order valence-electron chi connectivity index (χ1n) is 1.48. The van der Waals surface area contributed by atoms with Gasteiger partial charge in [-0.25, -0.2) is 0 Å². The lowest BCUT2D eigenvalue weighted by atomic mass is 10.4. The van der Waals surface area contributed by atoms with E-state index < -0.39 is 0 Å². The van der Waals surface area contributed by atoms with E-state index in [1.165, 1.54) is 5.37 Å². The molecule has 0 rings (SSSR count). The molecule has 0 heterocycles. The van der Waals surface area contributed by atoms with Gasteiger partial charge in [0, 0.05) is 6.04 Å². The summed E-state index contributed by atoms with van der Waals surface area (Å²) in [6.07, 6.45) is 0. The van der Waals surface area contributed by atoms with Crippen molar-refractivity contribution in [3.05, 3.63) is 0 Å². The van der Waals surface area contributed by atoms with Crippen molar-refractivity contribution in [3.63, 3.8) is 0 Å². The van der Waals surface area contributed by atoms with E-state index in [1.54, 1.807) is 0 Å². The molecule has 0 fully saturated rings. The summed E-state index contributed by atoms with van der Waals surface area (Å²) in [5.41, 5.74) is 5.13. The fourth-order valence-electron chi connectivity index (χ4n) is 0. The van der Waals surface area contributed by atoms with Crippen molar-refractivity contribution in [3.8, 4) is 0 Å². The second-order valence-electron chi connectivity index (χ2n) is 0.995. The maximum atomic E-state index is 5.13. The Labute approximate surface area is 37.2 Å². The number of hydrogen-bond donors (Lipinski definition) is 1. The molecule has 0 aromatic rings. The topological polar surface area (TPSA) is 26.0 Å². The maximum Gasteiger partial charge on any atom is 0.0299 e. The van der Waals surface area contributed by atoms with Gasteiger partial charge in [-0.2, -0.15) is 0 Å². The van der Waals surface area contributed by atoms with Gasteiger partial charge >= 0.3 is 0 Å². The van der Waals surface area contributed by atoms with E-state index in [1.807, 2.05) is 6.92 Å². The van der Waals surface area contributed by atoms with Gasteiger partial charge in [-0.1, -0.05) is 12.2 Å². The van der Waals surface area contributed by atoms with Gasteiger partial charge in [0.2, 0.25) is 0 Å². The van der Waals surface area contributed by atoms with Crippen molar-refractivity contribution in [2.24, 2.45) is 5.73 Å². The summed E-state index contributed by atoms with van der Waals surface area (Å²) in [6, 6.07) is 0.0741. The van der Waals surface area contributed by atoms with Crippen LogP contribution in [0.15, 0.2) is 0 Å². The van der Waals surface area contributed by atoms with Crippen LogP contribution in [0.1, 0.15) is 6.92 Å². The van der Waals surface area contributed by atoms with Crippen LogP contribution in [0.5, 0.6) is 0 Å². The zero-order valence-corrected chi connectivity index (χ0v) is 3.96. The Kier molecular flexibility index (Phi) is 2.32. The Balaban J connectivity index is 2.83. The summed E-state index contributed by atoms with van der Waals surface area (Å²) in [5, 5.41) is 1.53. The number of hydrogen-bond acceptors (Lipinski definition) is 2. The first kappa shape index (κ1) is 5.05. The van der Waals surface area contributed by atoms with Gasteiger partial charge in [0.1, 0.15) is 0 Å². The zero-order valence-electron chi connectivity index (χ0n) is 3.14. The molecule has 0 amide bonds. The molecule has 0 saturated carbocycles. The predicted molar refractivity (Wildman–Crippen MR) is 27.3 cm³/mol. The summed E-state index contributed by atoms with van der Waals surface area (Å²) in [6.45, 7) is 1.84. The lowest BCUT2D eigenvalue weighted by molar-refractivity contribution is 1.01. The molecule has 0 aromatic carbocycles. The van der Waals surface area contributed by atoms with Crippen LogP contribution in [0.2, 0.25) is 0 Å². The molecule has 0 bridgehead atoms.